The first-order valence-corrected chi connectivity index (χ1v) is 8.58. The number of pyridine rings is 1. The summed E-state index contributed by atoms with van der Waals surface area (Å²) in [5.41, 5.74) is 4.13. The summed E-state index contributed by atoms with van der Waals surface area (Å²) in [6, 6.07) is 10.5. The third-order valence-corrected chi connectivity index (χ3v) is 4.40. The topological polar surface area (TPSA) is 48.5 Å². The number of carbonyl (C=O) groups excluding carboxylic acids is 1. The van der Waals surface area contributed by atoms with Gasteiger partial charge in [-0.2, -0.15) is 0 Å². The van der Waals surface area contributed by atoms with E-state index in [0.717, 1.165) is 31.9 Å². The Balaban J connectivity index is 1.65. The molecule has 1 aromatic carbocycles. The van der Waals surface area contributed by atoms with E-state index in [1.807, 2.05) is 12.3 Å². The molecular weight excluding hydrogens is 312 g/mol. The highest BCUT2D eigenvalue weighted by atomic mass is 16.1. The van der Waals surface area contributed by atoms with Gasteiger partial charge in [0.2, 0.25) is 0 Å². The molecule has 3 rings (SSSR count). The summed E-state index contributed by atoms with van der Waals surface area (Å²) >= 11 is 0. The van der Waals surface area contributed by atoms with Crippen molar-refractivity contribution in [2.75, 3.05) is 42.5 Å². The fraction of sp³-hybridized carbons (Fsp3) is 0.300. The van der Waals surface area contributed by atoms with Crippen molar-refractivity contribution >= 4 is 17.3 Å². The maximum atomic E-state index is 12.1. The highest BCUT2D eigenvalue weighted by molar-refractivity contribution is 5.94. The van der Waals surface area contributed by atoms with Crippen molar-refractivity contribution in [2.24, 2.45) is 0 Å². The Kier molecular flexibility index (Phi) is 5.33. The number of hydrogen-bond donors (Lipinski definition) is 1. The van der Waals surface area contributed by atoms with Crippen molar-refractivity contribution in [3.8, 4) is 0 Å². The van der Waals surface area contributed by atoms with Gasteiger partial charge in [0.15, 0.2) is 0 Å². The summed E-state index contributed by atoms with van der Waals surface area (Å²) in [6.45, 7) is 9.92. The van der Waals surface area contributed by atoms with Gasteiger partial charge in [-0.1, -0.05) is 18.2 Å². The standard InChI is InChI=1S/C20H24N4O/c1-3-7-22-20(25)17-13-19(15-21-14-17)24-10-8-23(9-11-24)18-6-4-5-16(2)12-18/h3-6,12-15H,1,7-11H2,2H3,(H,22,25). The van der Waals surface area contributed by atoms with Crippen LogP contribution in [-0.2, 0) is 0 Å². The molecule has 1 saturated heterocycles. The average molecular weight is 336 g/mol. The molecule has 1 aromatic heterocycles. The zero-order chi connectivity index (χ0) is 17.6. The Hall–Kier alpha value is -2.82. The Morgan fingerprint density at radius 1 is 1.16 bits per heavy atom. The van der Waals surface area contributed by atoms with Crippen molar-refractivity contribution in [2.45, 2.75) is 6.92 Å². The second-order valence-corrected chi connectivity index (χ2v) is 6.24. The number of aromatic nitrogens is 1. The smallest absolute Gasteiger partial charge is 0.253 e. The van der Waals surface area contributed by atoms with Crippen molar-refractivity contribution in [3.05, 3.63) is 66.5 Å². The van der Waals surface area contributed by atoms with Gasteiger partial charge in [-0.15, -0.1) is 6.58 Å². The average Bonchev–Trinajstić information content (AvgIpc) is 2.66. The van der Waals surface area contributed by atoms with E-state index in [2.05, 4.69) is 57.9 Å². The number of nitrogens with zero attached hydrogens (tertiary/aromatic N) is 3. The predicted molar refractivity (Wildman–Crippen MR) is 102 cm³/mol. The second kappa shape index (κ2) is 7.83. The van der Waals surface area contributed by atoms with Gasteiger partial charge in [0.25, 0.3) is 5.91 Å². The molecule has 0 bridgehead atoms. The van der Waals surface area contributed by atoms with E-state index in [4.69, 9.17) is 0 Å². The third-order valence-electron chi connectivity index (χ3n) is 4.40. The molecule has 5 heteroatoms. The van der Waals surface area contributed by atoms with Crippen LogP contribution >= 0.6 is 0 Å². The molecular formula is C20H24N4O. The Morgan fingerprint density at radius 3 is 2.56 bits per heavy atom. The molecule has 130 valence electrons. The number of anilines is 2. The number of aryl methyl sites for hydroxylation is 1. The van der Waals surface area contributed by atoms with Crippen LogP contribution in [0.4, 0.5) is 11.4 Å². The largest absolute Gasteiger partial charge is 0.368 e. The molecule has 0 unspecified atom stereocenters. The van der Waals surface area contributed by atoms with Crippen molar-refractivity contribution in [3.63, 3.8) is 0 Å². The maximum absolute atomic E-state index is 12.1. The van der Waals surface area contributed by atoms with Gasteiger partial charge in [-0.25, -0.2) is 0 Å². The number of hydrogen-bond acceptors (Lipinski definition) is 4. The molecule has 0 atom stereocenters. The first-order valence-electron chi connectivity index (χ1n) is 8.58. The van der Waals surface area contributed by atoms with Crippen LogP contribution < -0.4 is 15.1 Å². The lowest BCUT2D eigenvalue weighted by Gasteiger charge is -2.37. The molecule has 2 heterocycles. The summed E-state index contributed by atoms with van der Waals surface area (Å²) in [7, 11) is 0. The number of amides is 1. The highest BCUT2D eigenvalue weighted by Gasteiger charge is 2.18. The van der Waals surface area contributed by atoms with Crippen LogP contribution in [0.15, 0.2) is 55.4 Å². The van der Waals surface area contributed by atoms with E-state index in [1.165, 1.54) is 11.3 Å². The number of benzene rings is 1. The summed E-state index contributed by atoms with van der Waals surface area (Å²) in [6.07, 6.45) is 5.09. The molecule has 0 saturated carbocycles. The van der Waals surface area contributed by atoms with E-state index < -0.39 is 0 Å². The molecule has 1 fully saturated rings. The predicted octanol–water partition coefficient (Wildman–Crippen LogP) is 2.63. The van der Waals surface area contributed by atoms with E-state index in [0.29, 0.717) is 12.1 Å². The monoisotopic (exact) mass is 336 g/mol. The van der Waals surface area contributed by atoms with E-state index in [1.54, 1.807) is 12.3 Å². The van der Waals surface area contributed by atoms with Gasteiger partial charge in [0.05, 0.1) is 17.4 Å². The van der Waals surface area contributed by atoms with Crippen molar-refractivity contribution in [1.29, 1.82) is 0 Å². The number of carbonyl (C=O) groups is 1. The van der Waals surface area contributed by atoms with Gasteiger partial charge in [0, 0.05) is 44.6 Å². The summed E-state index contributed by atoms with van der Waals surface area (Å²) < 4.78 is 0. The molecule has 1 aliphatic heterocycles. The normalized spacial score (nSPS) is 14.3. The van der Waals surface area contributed by atoms with Gasteiger partial charge in [-0.05, 0) is 30.7 Å². The molecule has 0 spiro atoms. The van der Waals surface area contributed by atoms with E-state index in [9.17, 15) is 4.79 Å². The molecule has 25 heavy (non-hydrogen) atoms. The minimum Gasteiger partial charge on any atom is -0.368 e. The van der Waals surface area contributed by atoms with Gasteiger partial charge >= 0.3 is 0 Å². The third kappa shape index (κ3) is 4.18. The van der Waals surface area contributed by atoms with Crippen LogP contribution in [0.1, 0.15) is 15.9 Å². The van der Waals surface area contributed by atoms with Crippen LogP contribution in [0.3, 0.4) is 0 Å². The molecule has 0 aliphatic carbocycles. The molecule has 1 N–H and O–H groups in total. The Morgan fingerprint density at radius 2 is 1.88 bits per heavy atom. The summed E-state index contributed by atoms with van der Waals surface area (Å²) in [5.74, 6) is -0.118. The van der Waals surface area contributed by atoms with Gasteiger partial charge in [-0.3, -0.25) is 9.78 Å². The van der Waals surface area contributed by atoms with Crippen molar-refractivity contribution in [1.82, 2.24) is 10.3 Å². The molecule has 2 aromatic rings. The molecule has 5 nitrogen and oxygen atoms in total. The van der Waals surface area contributed by atoms with E-state index >= 15 is 0 Å². The van der Waals surface area contributed by atoms with Crippen LogP contribution in [-0.4, -0.2) is 43.6 Å². The lowest BCUT2D eigenvalue weighted by atomic mass is 10.1. The van der Waals surface area contributed by atoms with E-state index in [-0.39, 0.29) is 5.91 Å². The van der Waals surface area contributed by atoms with Crippen LogP contribution in [0, 0.1) is 6.92 Å². The minimum atomic E-state index is -0.118. The molecule has 0 radical (unpaired) electrons. The quantitative estimate of drug-likeness (QED) is 0.853. The minimum absolute atomic E-state index is 0.118. The van der Waals surface area contributed by atoms with Crippen LogP contribution in [0.25, 0.3) is 0 Å². The van der Waals surface area contributed by atoms with Crippen LogP contribution in [0.5, 0.6) is 0 Å². The fourth-order valence-electron chi connectivity index (χ4n) is 3.04. The SMILES string of the molecule is C=CCNC(=O)c1cncc(N2CCN(c3cccc(C)c3)CC2)c1. The Labute approximate surface area is 149 Å². The second-order valence-electron chi connectivity index (χ2n) is 6.24. The number of nitrogens with one attached hydrogen (secondary N) is 1. The fourth-order valence-corrected chi connectivity index (χ4v) is 3.04. The highest BCUT2D eigenvalue weighted by Crippen LogP contribution is 2.21. The molecule has 1 amide bonds. The Bertz CT molecular complexity index is 751. The number of piperazine rings is 1. The summed E-state index contributed by atoms with van der Waals surface area (Å²) in [4.78, 5) is 21.0. The zero-order valence-corrected chi connectivity index (χ0v) is 14.6. The maximum Gasteiger partial charge on any atom is 0.253 e. The first-order chi connectivity index (χ1) is 12.2. The lowest BCUT2D eigenvalue weighted by Crippen LogP contribution is -2.46. The summed E-state index contributed by atoms with van der Waals surface area (Å²) in [5, 5.41) is 2.79. The first kappa shape index (κ1) is 17.0. The van der Waals surface area contributed by atoms with Crippen molar-refractivity contribution < 1.29 is 4.79 Å². The van der Waals surface area contributed by atoms with Crippen LogP contribution in [0.2, 0.25) is 0 Å². The molecule has 1 aliphatic rings. The van der Waals surface area contributed by atoms with Gasteiger partial charge < -0.3 is 15.1 Å². The lowest BCUT2D eigenvalue weighted by molar-refractivity contribution is 0.0957. The zero-order valence-electron chi connectivity index (χ0n) is 14.6. The van der Waals surface area contributed by atoms with Gasteiger partial charge in [0.1, 0.15) is 0 Å². The number of rotatable bonds is 5.